The molecule has 3 heteroatoms. The van der Waals surface area contributed by atoms with Crippen molar-refractivity contribution in [3.63, 3.8) is 0 Å². The first-order chi connectivity index (χ1) is 9.79. The van der Waals surface area contributed by atoms with E-state index in [1.807, 2.05) is 0 Å². The molecule has 2 aromatic rings. The molecule has 20 heavy (non-hydrogen) atoms. The number of benzene rings is 2. The summed E-state index contributed by atoms with van der Waals surface area (Å²) in [6.45, 7) is 1.38. The molecule has 0 unspecified atom stereocenters. The quantitative estimate of drug-likeness (QED) is 0.865. The minimum absolute atomic E-state index is 0.274. The summed E-state index contributed by atoms with van der Waals surface area (Å²) < 4.78 is 18.6. The Bertz CT molecular complexity index is 563. The van der Waals surface area contributed by atoms with Gasteiger partial charge in [0.2, 0.25) is 0 Å². The average Bonchev–Trinajstić information content (AvgIpc) is 3.28. The number of halogens is 1. The maximum absolute atomic E-state index is 13.0. The molecule has 104 valence electrons. The Morgan fingerprint density at radius 1 is 1.05 bits per heavy atom. The Hall–Kier alpha value is -1.87. The van der Waals surface area contributed by atoms with Gasteiger partial charge in [-0.15, -0.1) is 0 Å². The third-order valence-electron chi connectivity index (χ3n) is 3.40. The molecule has 3 rings (SSSR count). The van der Waals surface area contributed by atoms with Gasteiger partial charge in [0.15, 0.2) is 0 Å². The van der Waals surface area contributed by atoms with Crippen LogP contribution < -0.4 is 10.1 Å². The van der Waals surface area contributed by atoms with Crippen molar-refractivity contribution in [2.45, 2.75) is 32.0 Å². The lowest BCUT2D eigenvalue weighted by Gasteiger charge is -2.08. The zero-order chi connectivity index (χ0) is 13.8. The van der Waals surface area contributed by atoms with Crippen molar-refractivity contribution in [2.75, 3.05) is 0 Å². The lowest BCUT2D eigenvalue weighted by molar-refractivity contribution is 0.304. The molecule has 1 fully saturated rings. The molecule has 0 bridgehead atoms. The Labute approximate surface area is 118 Å². The number of rotatable bonds is 6. The van der Waals surface area contributed by atoms with Gasteiger partial charge in [0, 0.05) is 18.7 Å². The van der Waals surface area contributed by atoms with Crippen LogP contribution >= 0.6 is 0 Å². The van der Waals surface area contributed by atoms with Gasteiger partial charge in [0.1, 0.15) is 18.2 Å². The highest BCUT2D eigenvalue weighted by atomic mass is 19.1. The van der Waals surface area contributed by atoms with E-state index in [2.05, 4.69) is 29.6 Å². The van der Waals surface area contributed by atoms with E-state index < -0.39 is 0 Å². The van der Waals surface area contributed by atoms with E-state index in [1.165, 1.54) is 30.5 Å². The van der Waals surface area contributed by atoms with Crippen LogP contribution in [0.3, 0.4) is 0 Å². The molecule has 2 aromatic carbocycles. The molecule has 0 aromatic heterocycles. The van der Waals surface area contributed by atoms with Gasteiger partial charge in [0.25, 0.3) is 0 Å². The molecule has 0 spiro atoms. The van der Waals surface area contributed by atoms with Crippen LogP contribution in [0.25, 0.3) is 0 Å². The van der Waals surface area contributed by atoms with Crippen LogP contribution in [0.15, 0.2) is 48.5 Å². The Balaban J connectivity index is 1.52. The van der Waals surface area contributed by atoms with Crippen LogP contribution in [0.5, 0.6) is 5.75 Å². The fourth-order valence-electron chi connectivity index (χ4n) is 2.03. The number of hydrogen-bond donors (Lipinski definition) is 1. The van der Waals surface area contributed by atoms with Crippen LogP contribution in [-0.2, 0) is 13.2 Å². The van der Waals surface area contributed by atoms with Gasteiger partial charge in [0.05, 0.1) is 0 Å². The molecular formula is C17H18FNO. The largest absolute Gasteiger partial charge is 0.489 e. The normalized spacial score (nSPS) is 14.2. The molecule has 1 aliphatic rings. The molecular weight excluding hydrogens is 253 g/mol. The Morgan fingerprint density at radius 2 is 1.80 bits per heavy atom. The average molecular weight is 271 g/mol. The van der Waals surface area contributed by atoms with Crippen molar-refractivity contribution in [1.29, 1.82) is 0 Å². The van der Waals surface area contributed by atoms with Gasteiger partial charge in [-0.2, -0.15) is 0 Å². The maximum Gasteiger partial charge on any atom is 0.126 e. The van der Waals surface area contributed by atoms with Crippen LogP contribution in [0, 0.1) is 5.82 Å². The fraction of sp³-hybridized carbons (Fsp3) is 0.294. The van der Waals surface area contributed by atoms with Crippen LogP contribution in [0.4, 0.5) is 4.39 Å². The Kier molecular flexibility index (Phi) is 3.97. The first kappa shape index (κ1) is 13.1. The smallest absolute Gasteiger partial charge is 0.126 e. The van der Waals surface area contributed by atoms with Crippen molar-refractivity contribution in [3.05, 3.63) is 65.5 Å². The second-order valence-electron chi connectivity index (χ2n) is 5.22. The summed E-state index contributed by atoms with van der Waals surface area (Å²) in [4.78, 5) is 0. The van der Waals surface area contributed by atoms with E-state index in [0.29, 0.717) is 12.4 Å². The van der Waals surface area contributed by atoms with E-state index in [1.54, 1.807) is 12.1 Å². The standard InChI is InChI=1S/C17H18FNO/c18-15-2-1-3-17(10-15)20-12-14-6-4-13(5-7-14)11-19-16-8-9-16/h1-7,10,16,19H,8-9,11-12H2. The topological polar surface area (TPSA) is 21.3 Å². The summed E-state index contributed by atoms with van der Waals surface area (Å²) in [7, 11) is 0. The highest BCUT2D eigenvalue weighted by Gasteiger charge is 2.19. The third kappa shape index (κ3) is 3.81. The molecule has 2 nitrogen and oxygen atoms in total. The van der Waals surface area contributed by atoms with Crippen molar-refractivity contribution in [2.24, 2.45) is 0 Å². The SMILES string of the molecule is Fc1cccc(OCc2ccc(CNC3CC3)cc2)c1. The van der Waals surface area contributed by atoms with Crippen molar-refractivity contribution < 1.29 is 9.13 Å². The van der Waals surface area contributed by atoms with Crippen molar-refractivity contribution in [1.82, 2.24) is 5.32 Å². The van der Waals surface area contributed by atoms with Gasteiger partial charge >= 0.3 is 0 Å². The lowest BCUT2D eigenvalue weighted by atomic mass is 10.1. The monoisotopic (exact) mass is 271 g/mol. The first-order valence-corrected chi connectivity index (χ1v) is 6.99. The van der Waals surface area contributed by atoms with Gasteiger partial charge in [-0.1, -0.05) is 30.3 Å². The molecule has 0 radical (unpaired) electrons. The second-order valence-corrected chi connectivity index (χ2v) is 5.22. The van der Waals surface area contributed by atoms with Gasteiger partial charge in [-0.05, 0) is 36.1 Å². The predicted octanol–water partition coefficient (Wildman–Crippen LogP) is 3.66. The Morgan fingerprint density at radius 3 is 2.50 bits per heavy atom. The lowest BCUT2D eigenvalue weighted by Crippen LogP contribution is -2.15. The van der Waals surface area contributed by atoms with E-state index in [-0.39, 0.29) is 5.82 Å². The highest BCUT2D eigenvalue weighted by molar-refractivity contribution is 5.25. The first-order valence-electron chi connectivity index (χ1n) is 6.99. The van der Waals surface area contributed by atoms with E-state index in [4.69, 9.17) is 4.74 Å². The minimum Gasteiger partial charge on any atom is -0.489 e. The molecule has 0 aliphatic heterocycles. The number of nitrogens with one attached hydrogen (secondary N) is 1. The van der Waals surface area contributed by atoms with Gasteiger partial charge in [-0.3, -0.25) is 0 Å². The van der Waals surface area contributed by atoms with Gasteiger partial charge in [-0.25, -0.2) is 4.39 Å². The summed E-state index contributed by atoms with van der Waals surface area (Å²) in [6.07, 6.45) is 2.61. The summed E-state index contributed by atoms with van der Waals surface area (Å²) in [5, 5.41) is 3.48. The van der Waals surface area contributed by atoms with Gasteiger partial charge < -0.3 is 10.1 Å². The summed E-state index contributed by atoms with van der Waals surface area (Å²) in [5.41, 5.74) is 2.37. The number of hydrogen-bond acceptors (Lipinski definition) is 2. The van der Waals surface area contributed by atoms with Crippen LogP contribution in [-0.4, -0.2) is 6.04 Å². The fourth-order valence-corrected chi connectivity index (χ4v) is 2.03. The summed E-state index contributed by atoms with van der Waals surface area (Å²) in [6, 6.07) is 15.3. The highest BCUT2D eigenvalue weighted by Crippen LogP contribution is 2.19. The molecule has 0 amide bonds. The van der Waals surface area contributed by atoms with Crippen LogP contribution in [0.1, 0.15) is 24.0 Å². The summed E-state index contributed by atoms with van der Waals surface area (Å²) >= 11 is 0. The zero-order valence-corrected chi connectivity index (χ0v) is 11.3. The van der Waals surface area contributed by atoms with Crippen LogP contribution in [0.2, 0.25) is 0 Å². The minimum atomic E-state index is -0.274. The summed E-state index contributed by atoms with van der Waals surface area (Å²) in [5.74, 6) is 0.286. The molecule has 1 N–H and O–H groups in total. The molecule has 0 heterocycles. The molecule has 0 atom stereocenters. The third-order valence-corrected chi connectivity index (χ3v) is 3.40. The second kappa shape index (κ2) is 6.06. The van der Waals surface area contributed by atoms with E-state index in [0.717, 1.165) is 18.2 Å². The maximum atomic E-state index is 13.0. The number of ether oxygens (including phenoxy) is 1. The molecule has 0 saturated heterocycles. The van der Waals surface area contributed by atoms with E-state index >= 15 is 0 Å². The molecule has 1 aliphatic carbocycles. The van der Waals surface area contributed by atoms with Crippen molar-refractivity contribution >= 4 is 0 Å². The van der Waals surface area contributed by atoms with Crippen molar-refractivity contribution in [3.8, 4) is 5.75 Å². The molecule has 1 saturated carbocycles. The zero-order valence-electron chi connectivity index (χ0n) is 11.3. The van der Waals surface area contributed by atoms with E-state index in [9.17, 15) is 4.39 Å². The predicted molar refractivity (Wildman–Crippen MR) is 77.0 cm³/mol.